The smallest absolute Gasteiger partial charge is 0.385 e. The Hall–Kier alpha value is -2.35. The molecule has 0 spiro atoms. The highest BCUT2D eigenvalue weighted by Gasteiger charge is 2.16. The number of nitrogens with one attached hydrogen (secondary N) is 1. The second-order valence-corrected chi connectivity index (χ2v) is 5.53. The van der Waals surface area contributed by atoms with Gasteiger partial charge in [-0.15, -0.1) is 0 Å². The molecule has 20 heavy (non-hydrogen) atoms. The molecule has 1 amide bonds. The molecule has 104 valence electrons. The van der Waals surface area contributed by atoms with Gasteiger partial charge in [0, 0.05) is 24.1 Å². The maximum absolute atomic E-state index is 11.5. The molecule has 0 radical (unpaired) electrons. The molecule has 0 aromatic carbocycles. The summed E-state index contributed by atoms with van der Waals surface area (Å²) in [5.74, 6) is 5.14. The summed E-state index contributed by atoms with van der Waals surface area (Å²) in [6, 6.07) is 1.83. The van der Waals surface area contributed by atoms with Crippen molar-refractivity contribution in [3.05, 3.63) is 23.4 Å². The molecule has 0 atom stereocenters. The highest BCUT2D eigenvalue weighted by atomic mass is 16.6. The van der Waals surface area contributed by atoms with Crippen LogP contribution in [0.15, 0.2) is 12.3 Å². The van der Waals surface area contributed by atoms with Gasteiger partial charge in [0.25, 0.3) is 0 Å². The van der Waals surface area contributed by atoms with Crippen molar-refractivity contribution in [2.45, 2.75) is 39.2 Å². The maximum Gasteiger partial charge on any atom is 0.385 e. The van der Waals surface area contributed by atoms with Crippen LogP contribution in [0.1, 0.15) is 38.3 Å². The molecular weight excluding hydrogens is 256 g/mol. The van der Waals surface area contributed by atoms with E-state index in [2.05, 4.69) is 22.1 Å². The van der Waals surface area contributed by atoms with E-state index < -0.39 is 11.6 Å². The van der Waals surface area contributed by atoms with Gasteiger partial charge in [-0.2, -0.15) is 0 Å². The van der Waals surface area contributed by atoms with Crippen LogP contribution >= 0.6 is 0 Å². The first-order valence-corrected chi connectivity index (χ1v) is 6.37. The number of aromatic nitrogens is 1. The maximum atomic E-state index is 11.5. The van der Waals surface area contributed by atoms with Crippen LogP contribution in [-0.4, -0.2) is 22.5 Å². The first-order valence-electron chi connectivity index (χ1n) is 6.37. The number of fused-ring (bicyclic) bond motifs is 1. The van der Waals surface area contributed by atoms with Gasteiger partial charge in [-0.05, 0) is 38.8 Å². The topological polar surface area (TPSA) is 68.3 Å². The van der Waals surface area contributed by atoms with Crippen LogP contribution in [0.4, 0.5) is 5.82 Å². The summed E-state index contributed by atoms with van der Waals surface area (Å²) in [6.45, 7) is 5.36. The van der Waals surface area contributed by atoms with Crippen LogP contribution in [0.25, 0.3) is 0 Å². The van der Waals surface area contributed by atoms with E-state index in [0.29, 0.717) is 24.2 Å². The van der Waals surface area contributed by atoms with E-state index in [1.54, 1.807) is 20.8 Å². The number of anilines is 1. The molecule has 1 aromatic rings. The van der Waals surface area contributed by atoms with Gasteiger partial charge in [0.05, 0.1) is 0 Å². The fourth-order valence-corrected chi connectivity index (χ4v) is 1.75. The fourth-order valence-electron chi connectivity index (χ4n) is 1.75. The molecule has 0 fully saturated rings. The Morgan fingerprint density at radius 3 is 2.85 bits per heavy atom. The van der Waals surface area contributed by atoms with Gasteiger partial charge in [0.15, 0.2) is 0 Å². The predicted octanol–water partition coefficient (Wildman–Crippen LogP) is 1.66. The van der Waals surface area contributed by atoms with Crippen LogP contribution in [-0.2, 0) is 20.7 Å². The molecule has 1 aliphatic rings. The molecule has 5 nitrogen and oxygen atoms in total. The highest BCUT2D eigenvalue weighted by Crippen LogP contribution is 2.20. The Kier molecular flexibility index (Phi) is 3.75. The number of pyridine rings is 1. The van der Waals surface area contributed by atoms with Crippen LogP contribution in [0.3, 0.4) is 0 Å². The lowest BCUT2D eigenvalue weighted by molar-refractivity contribution is -0.147. The van der Waals surface area contributed by atoms with Gasteiger partial charge in [-0.3, -0.25) is 4.79 Å². The summed E-state index contributed by atoms with van der Waals surface area (Å²) in [7, 11) is 0. The molecule has 2 rings (SSSR count). The van der Waals surface area contributed by atoms with E-state index in [1.165, 1.54) is 6.20 Å². The number of rotatable bonds is 0. The predicted molar refractivity (Wildman–Crippen MR) is 73.9 cm³/mol. The zero-order chi connectivity index (χ0) is 14.8. The Morgan fingerprint density at radius 1 is 1.40 bits per heavy atom. The molecule has 1 N–H and O–H groups in total. The molecule has 0 bridgehead atoms. The molecule has 0 saturated heterocycles. The first-order chi connectivity index (χ1) is 9.33. The SMILES string of the molecule is CC(C)(C)OC(=O)C#Cc1cnc2c(c1)CCC(=O)N2. The molecule has 1 aliphatic heterocycles. The van der Waals surface area contributed by atoms with Gasteiger partial charge in [0.2, 0.25) is 5.91 Å². The number of hydrogen-bond donors (Lipinski definition) is 1. The van der Waals surface area contributed by atoms with Gasteiger partial charge in [0.1, 0.15) is 11.4 Å². The fraction of sp³-hybridized carbons (Fsp3) is 0.400. The Balaban J connectivity index is 2.12. The molecule has 0 saturated carbocycles. The highest BCUT2D eigenvalue weighted by molar-refractivity contribution is 5.93. The van der Waals surface area contributed by atoms with Crippen molar-refractivity contribution >= 4 is 17.7 Å². The number of esters is 1. The lowest BCUT2D eigenvalue weighted by Crippen LogP contribution is -2.22. The summed E-state index contributed by atoms with van der Waals surface area (Å²) in [5.41, 5.74) is 1.01. The normalized spacial score (nSPS) is 13.7. The summed E-state index contributed by atoms with van der Waals surface area (Å²) in [4.78, 5) is 26.8. The lowest BCUT2D eigenvalue weighted by Gasteiger charge is -2.17. The van der Waals surface area contributed by atoms with Gasteiger partial charge in [-0.25, -0.2) is 9.78 Å². The van der Waals surface area contributed by atoms with E-state index in [9.17, 15) is 9.59 Å². The summed E-state index contributed by atoms with van der Waals surface area (Å²) >= 11 is 0. The Morgan fingerprint density at radius 2 is 2.15 bits per heavy atom. The van der Waals surface area contributed by atoms with Crippen molar-refractivity contribution in [1.82, 2.24) is 4.98 Å². The van der Waals surface area contributed by atoms with Crippen LogP contribution in [0.5, 0.6) is 0 Å². The largest absolute Gasteiger partial charge is 0.450 e. The standard InChI is InChI=1S/C15H16N2O3/c1-15(2,3)20-13(19)7-4-10-8-11-5-6-12(18)17-14(11)16-9-10/h8-9H,5-6H2,1-3H3,(H,16,17,18). The van der Waals surface area contributed by atoms with Gasteiger partial charge < -0.3 is 10.1 Å². The molecule has 1 aromatic heterocycles. The molecule has 0 unspecified atom stereocenters. The summed E-state index contributed by atoms with van der Waals surface area (Å²) in [6.07, 6.45) is 2.61. The zero-order valence-corrected chi connectivity index (χ0v) is 11.7. The van der Waals surface area contributed by atoms with Crippen molar-refractivity contribution in [3.63, 3.8) is 0 Å². The average Bonchev–Trinajstić information content (AvgIpc) is 2.34. The third kappa shape index (κ3) is 3.82. The van der Waals surface area contributed by atoms with E-state index in [-0.39, 0.29) is 5.91 Å². The van der Waals surface area contributed by atoms with Crippen molar-refractivity contribution in [2.75, 3.05) is 5.32 Å². The molecule has 2 heterocycles. The van der Waals surface area contributed by atoms with Crippen molar-refractivity contribution in [2.24, 2.45) is 0 Å². The van der Waals surface area contributed by atoms with E-state index in [4.69, 9.17) is 4.74 Å². The zero-order valence-electron chi connectivity index (χ0n) is 11.7. The second kappa shape index (κ2) is 5.33. The second-order valence-electron chi connectivity index (χ2n) is 5.53. The van der Waals surface area contributed by atoms with E-state index in [1.807, 2.05) is 6.07 Å². The monoisotopic (exact) mass is 272 g/mol. The van der Waals surface area contributed by atoms with Gasteiger partial charge in [-0.1, -0.05) is 5.92 Å². The third-order valence-corrected chi connectivity index (χ3v) is 2.55. The van der Waals surface area contributed by atoms with Crippen molar-refractivity contribution < 1.29 is 14.3 Å². The number of carbonyl (C=O) groups is 2. The number of aryl methyl sites for hydroxylation is 1. The van der Waals surface area contributed by atoms with Crippen molar-refractivity contribution in [3.8, 4) is 11.8 Å². The average molecular weight is 272 g/mol. The molecular formula is C15H16N2O3. The van der Waals surface area contributed by atoms with Crippen LogP contribution in [0.2, 0.25) is 0 Å². The minimum Gasteiger partial charge on any atom is -0.450 e. The number of nitrogens with zero attached hydrogens (tertiary/aromatic N) is 1. The Labute approximate surface area is 117 Å². The molecule has 5 heteroatoms. The summed E-state index contributed by atoms with van der Waals surface area (Å²) < 4.78 is 5.10. The number of hydrogen-bond acceptors (Lipinski definition) is 4. The third-order valence-electron chi connectivity index (χ3n) is 2.55. The lowest BCUT2D eigenvalue weighted by atomic mass is 10.1. The van der Waals surface area contributed by atoms with Gasteiger partial charge >= 0.3 is 5.97 Å². The van der Waals surface area contributed by atoms with Crippen molar-refractivity contribution in [1.29, 1.82) is 0 Å². The van der Waals surface area contributed by atoms with Crippen LogP contribution < -0.4 is 5.32 Å². The van der Waals surface area contributed by atoms with E-state index in [0.717, 1.165) is 5.56 Å². The number of carbonyl (C=O) groups excluding carboxylic acids is 2. The minimum atomic E-state index is -0.566. The first kappa shape index (κ1) is 14.1. The van der Waals surface area contributed by atoms with E-state index >= 15 is 0 Å². The minimum absolute atomic E-state index is 0.0300. The number of amides is 1. The van der Waals surface area contributed by atoms with Crippen LogP contribution in [0, 0.1) is 11.8 Å². The number of ether oxygens (including phenoxy) is 1. The Bertz CT molecular complexity index is 618. The molecule has 0 aliphatic carbocycles. The quantitative estimate of drug-likeness (QED) is 0.576. The summed E-state index contributed by atoms with van der Waals surface area (Å²) in [5, 5.41) is 2.69.